The smallest absolute Gasteiger partial charge is 0.315 e. The molecule has 2 amide bonds. The number of urea groups is 1. The van der Waals surface area contributed by atoms with Gasteiger partial charge in [-0.3, -0.25) is 0 Å². The molecule has 0 spiro atoms. The molecule has 0 unspecified atom stereocenters. The topological polar surface area (TPSA) is 50.2 Å². The van der Waals surface area contributed by atoms with Gasteiger partial charge in [0.15, 0.2) is 0 Å². The predicted octanol–water partition coefficient (Wildman–Crippen LogP) is 4.87. The van der Waals surface area contributed by atoms with Gasteiger partial charge in [-0.15, -0.1) is 11.3 Å². The predicted molar refractivity (Wildman–Crippen MR) is 113 cm³/mol. The molecule has 3 aromatic rings. The lowest BCUT2D eigenvalue weighted by molar-refractivity contribution is 0.197. The first-order valence-corrected chi connectivity index (χ1v) is 11.0. The maximum Gasteiger partial charge on any atom is 0.322 e. The lowest BCUT2D eigenvalue weighted by Crippen LogP contribution is -2.43. The van der Waals surface area contributed by atoms with Gasteiger partial charge in [0.05, 0.1) is 28.8 Å². The summed E-state index contributed by atoms with van der Waals surface area (Å²) in [5.41, 5.74) is 3.55. The molecule has 0 radical (unpaired) electrons. The van der Waals surface area contributed by atoms with E-state index in [4.69, 9.17) is 0 Å². The zero-order chi connectivity index (χ0) is 18.8. The summed E-state index contributed by atoms with van der Waals surface area (Å²) in [6.45, 7) is 4.68. The molecule has 27 heavy (non-hydrogen) atoms. The minimum absolute atomic E-state index is 0.0486. The lowest BCUT2D eigenvalue weighted by atomic mass is 10.2. The van der Waals surface area contributed by atoms with Crippen LogP contribution in [0.5, 0.6) is 0 Å². The van der Waals surface area contributed by atoms with Crippen LogP contribution in [-0.2, 0) is 0 Å². The Hall–Kier alpha value is -2.25. The summed E-state index contributed by atoms with van der Waals surface area (Å²) >= 11 is 3.62. The van der Waals surface area contributed by atoms with Crippen LogP contribution in [0.15, 0.2) is 47.8 Å². The Kier molecular flexibility index (Phi) is 5.22. The van der Waals surface area contributed by atoms with E-state index in [1.54, 1.807) is 11.3 Å². The Labute approximate surface area is 167 Å². The van der Waals surface area contributed by atoms with Crippen molar-refractivity contribution >= 4 is 34.8 Å². The molecule has 1 aliphatic rings. The Bertz CT molecular complexity index is 921. The number of amides is 2. The van der Waals surface area contributed by atoms with Crippen LogP contribution in [-0.4, -0.2) is 38.8 Å². The van der Waals surface area contributed by atoms with Gasteiger partial charge in [0.1, 0.15) is 0 Å². The number of hydrogen-bond donors (Lipinski definition) is 1. The number of carbonyl (C=O) groups is 1. The number of thioether (sulfide) groups is 1. The monoisotopic (exact) mass is 398 g/mol. The Morgan fingerprint density at radius 1 is 1.19 bits per heavy atom. The van der Waals surface area contributed by atoms with Crippen molar-refractivity contribution < 1.29 is 4.79 Å². The highest BCUT2D eigenvalue weighted by Gasteiger charge is 2.30. The average Bonchev–Trinajstić information content (AvgIpc) is 3.33. The molecule has 0 aliphatic carbocycles. The summed E-state index contributed by atoms with van der Waals surface area (Å²) in [7, 11) is 0. The maximum absolute atomic E-state index is 13.1. The molecular weight excluding hydrogens is 376 g/mol. The van der Waals surface area contributed by atoms with Gasteiger partial charge in [0.25, 0.3) is 0 Å². The van der Waals surface area contributed by atoms with Crippen molar-refractivity contribution in [3.8, 4) is 5.69 Å². The Morgan fingerprint density at radius 2 is 2.00 bits per heavy atom. The van der Waals surface area contributed by atoms with Gasteiger partial charge < -0.3 is 10.2 Å². The van der Waals surface area contributed by atoms with E-state index < -0.39 is 0 Å². The highest BCUT2D eigenvalue weighted by molar-refractivity contribution is 7.99. The van der Waals surface area contributed by atoms with Gasteiger partial charge in [-0.05, 0) is 37.4 Å². The number of nitrogens with one attached hydrogen (secondary N) is 1. The molecular formula is C20H22N4OS2. The highest BCUT2D eigenvalue weighted by Crippen LogP contribution is 2.33. The number of benzene rings is 1. The number of carbonyl (C=O) groups excluding carboxylic acids is 1. The van der Waals surface area contributed by atoms with Gasteiger partial charge >= 0.3 is 6.03 Å². The van der Waals surface area contributed by atoms with Crippen molar-refractivity contribution in [1.82, 2.24) is 14.7 Å². The third kappa shape index (κ3) is 3.61. The molecule has 1 aliphatic heterocycles. The molecule has 3 heterocycles. The first-order chi connectivity index (χ1) is 13.1. The Balaban J connectivity index is 1.58. The van der Waals surface area contributed by atoms with Gasteiger partial charge in [-0.25, -0.2) is 9.48 Å². The van der Waals surface area contributed by atoms with E-state index in [1.165, 1.54) is 4.88 Å². The first-order valence-electron chi connectivity index (χ1n) is 8.95. The molecule has 5 nitrogen and oxygen atoms in total. The summed E-state index contributed by atoms with van der Waals surface area (Å²) in [6, 6.07) is 14.2. The van der Waals surface area contributed by atoms with Crippen LogP contribution < -0.4 is 5.32 Å². The second-order valence-electron chi connectivity index (χ2n) is 6.52. The number of anilines is 1. The molecule has 7 heteroatoms. The van der Waals surface area contributed by atoms with E-state index in [-0.39, 0.29) is 12.1 Å². The average molecular weight is 399 g/mol. The van der Waals surface area contributed by atoms with Crippen molar-refractivity contribution in [1.29, 1.82) is 0 Å². The van der Waals surface area contributed by atoms with E-state index in [0.29, 0.717) is 0 Å². The minimum atomic E-state index is -0.0486. The molecule has 0 bridgehead atoms. The van der Waals surface area contributed by atoms with Gasteiger partial charge in [0, 0.05) is 22.9 Å². The van der Waals surface area contributed by atoms with E-state index in [9.17, 15) is 4.79 Å². The van der Waals surface area contributed by atoms with E-state index in [0.717, 1.165) is 40.8 Å². The molecule has 1 fully saturated rings. The quantitative estimate of drug-likeness (QED) is 0.685. The fraction of sp³-hybridized carbons (Fsp3) is 0.300. The van der Waals surface area contributed by atoms with Crippen LogP contribution in [0.3, 0.4) is 0 Å². The second-order valence-corrected chi connectivity index (χ2v) is 8.65. The maximum atomic E-state index is 13.1. The van der Waals surface area contributed by atoms with Crippen LogP contribution in [0.1, 0.15) is 22.3 Å². The number of rotatable bonds is 3. The molecule has 1 aromatic carbocycles. The highest BCUT2D eigenvalue weighted by atomic mass is 32.2. The molecule has 1 atom stereocenters. The van der Waals surface area contributed by atoms with Crippen molar-refractivity contribution in [2.75, 3.05) is 23.4 Å². The molecule has 1 N–H and O–H groups in total. The summed E-state index contributed by atoms with van der Waals surface area (Å²) in [5.74, 6) is 1.91. The normalized spacial score (nSPS) is 17.1. The van der Waals surface area contributed by atoms with Gasteiger partial charge in [-0.2, -0.15) is 16.9 Å². The third-order valence-electron chi connectivity index (χ3n) is 4.78. The van der Waals surface area contributed by atoms with Crippen LogP contribution in [0, 0.1) is 13.8 Å². The van der Waals surface area contributed by atoms with E-state index >= 15 is 0 Å². The zero-order valence-corrected chi connectivity index (χ0v) is 17.0. The molecule has 0 saturated carbocycles. The van der Waals surface area contributed by atoms with Gasteiger partial charge in [-0.1, -0.05) is 24.3 Å². The van der Waals surface area contributed by atoms with Gasteiger partial charge in [0.2, 0.25) is 0 Å². The van der Waals surface area contributed by atoms with Crippen molar-refractivity contribution in [3.05, 3.63) is 64.1 Å². The molecule has 4 rings (SSSR count). The fourth-order valence-electron chi connectivity index (χ4n) is 3.39. The standard InChI is InChI=1S/C20H22N4OS2/c1-14-19(15(2)24(22-14)16-7-4-3-5-8-16)21-20(25)23-10-12-26-13-17(23)18-9-6-11-27-18/h3-9,11,17H,10,12-13H2,1-2H3,(H,21,25)/t17-/m0/s1. The first kappa shape index (κ1) is 18.1. The summed E-state index contributed by atoms with van der Waals surface area (Å²) in [5, 5.41) is 9.83. The third-order valence-corrected chi connectivity index (χ3v) is 6.78. The number of hydrogen-bond acceptors (Lipinski definition) is 4. The number of aromatic nitrogens is 2. The number of para-hydroxylation sites is 1. The number of thiophene rings is 1. The second kappa shape index (κ2) is 7.78. The van der Waals surface area contributed by atoms with Crippen LogP contribution in [0.4, 0.5) is 10.5 Å². The SMILES string of the molecule is Cc1nn(-c2ccccc2)c(C)c1NC(=O)N1CCSC[C@H]1c1cccs1. The van der Waals surface area contributed by atoms with E-state index in [1.807, 2.05) is 71.6 Å². The summed E-state index contributed by atoms with van der Waals surface area (Å²) < 4.78 is 1.88. The summed E-state index contributed by atoms with van der Waals surface area (Å²) in [4.78, 5) is 16.3. The zero-order valence-electron chi connectivity index (χ0n) is 15.4. The Morgan fingerprint density at radius 3 is 2.74 bits per heavy atom. The minimum Gasteiger partial charge on any atom is -0.315 e. The lowest BCUT2D eigenvalue weighted by Gasteiger charge is -2.34. The fourth-order valence-corrected chi connectivity index (χ4v) is 5.41. The largest absolute Gasteiger partial charge is 0.322 e. The molecule has 140 valence electrons. The van der Waals surface area contributed by atoms with Crippen LogP contribution in [0.2, 0.25) is 0 Å². The van der Waals surface area contributed by atoms with Crippen molar-refractivity contribution in [2.45, 2.75) is 19.9 Å². The summed E-state index contributed by atoms with van der Waals surface area (Å²) in [6.07, 6.45) is 0. The molecule has 1 saturated heterocycles. The van der Waals surface area contributed by atoms with Crippen LogP contribution in [0.25, 0.3) is 5.69 Å². The van der Waals surface area contributed by atoms with Crippen LogP contribution >= 0.6 is 23.1 Å². The number of aryl methyl sites for hydroxylation is 1. The van der Waals surface area contributed by atoms with Crippen molar-refractivity contribution in [2.24, 2.45) is 0 Å². The number of nitrogens with zero attached hydrogens (tertiary/aromatic N) is 3. The molecule has 2 aromatic heterocycles. The van der Waals surface area contributed by atoms with E-state index in [2.05, 4.69) is 21.9 Å². The van der Waals surface area contributed by atoms with Crippen molar-refractivity contribution in [3.63, 3.8) is 0 Å².